The Morgan fingerprint density at radius 3 is 2.22 bits per heavy atom. The van der Waals surface area contributed by atoms with Crippen molar-refractivity contribution >= 4 is 23.2 Å². The fourth-order valence-electron chi connectivity index (χ4n) is 2.11. The lowest BCUT2D eigenvalue weighted by molar-refractivity contribution is 0.102. The predicted octanol–water partition coefficient (Wildman–Crippen LogP) is 3.93. The summed E-state index contributed by atoms with van der Waals surface area (Å²) in [5.41, 5.74) is 1.90. The highest BCUT2D eigenvalue weighted by atomic mass is 35.5. The van der Waals surface area contributed by atoms with Crippen LogP contribution in [0.25, 0.3) is 0 Å². The molecule has 0 atom stereocenters. The van der Waals surface area contributed by atoms with Crippen LogP contribution in [-0.4, -0.2) is 27.2 Å². The summed E-state index contributed by atoms with van der Waals surface area (Å²) in [6.45, 7) is 1.91. The van der Waals surface area contributed by atoms with Crippen LogP contribution >= 0.6 is 11.6 Å². The number of hydrogen-bond acceptors (Lipinski definition) is 4. The van der Waals surface area contributed by atoms with Crippen LogP contribution in [0.5, 0.6) is 17.2 Å². The first-order chi connectivity index (χ1) is 11.0. The van der Waals surface area contributed by atoms with E-state index in [0.29, 0.717) is 33.5 Å². The van der Waals surface area contributed by atoms with Gasteiger partial charge in [0.1, 0.15) is 17.2 Å². The number of aryl methyl sites for hydroxylation is 1. The zero-order chi connectivity index (χ0) is 17.0. The van der Waals surface area contributed by atoms with Gasteiger partial charge in [0, 0.05) is 17.7 Å². The Morgan fingerprint density at radius 1 is 0.957 bits per heavy atom. The van der Waals surface area contributed by atoms with Gasteiger partial charge in [-0.25, -0.2) is 0 Å². The standard InChI is InChI=1S/C17H18ClNO4/c1-10-5-6-11(7-14(10)21-2)17(20)19-13-9-15(22-3)12(18)8-16(13)23-4/h5-9H,1-4H3,(H,19,20). The number of amides is 1. The quantitative estimate of drug-likeness (QED) is 0.899. The topological polar surface area (TPSA) is 56.8 Å². The molecule has 122 valence electrons. The Hall–Kier alpha value is -2.40. The number of rotatable bonds is 5. The highest BCUT2D eigenvalue weighted by Crippen LogP contribution is 2.36. The zero-order valence-electron chi connectivity index (χ0n) is 13.4. The molecule has 0 aromatic heterocycles. The molecule has 6 heteroatoms. The zero-order valence-corrected chi connectivity index (χ0v) is 14.2. The van der Waals surface area contributed by atoms with Gasteiger partial charge in [0.05, 0.1) is 32.0 Å². The van der Waals surface area contributed by atoms with Gasteiger partial charge in [-0.15, -0.1) is 0 Å². The van der Waals surface area contributed by atoms with Crippen molar-refractivity contribution in [3.63, 3.8) is 0 Å². The average molecular weight is 336 g/mol. The van der Waals surface area contributed by atoms with E-state index in [1.165, 1.54) is 14.2 Å². The molecule has 0 aliphatic rings. The Balaban J connectivity index is 2.33. The van der Waals surface area contributed by atoms with Crippen molar-refractivity contribution in [2.45, 2.75) is 6.92 Å². The first-order valence-corrected chi connectivity index (χ1v) is 7.25. The average Bonchev–Trinajstić information content (AvgIpc) is 2.56. The van der Waals surface area contributed by atoms with Crippen molar-refractivity contribution in [1.82, 2.24) is 0 Å². The normalized spacial score (nSPS) is 10.1. The van der Waals surface area contributed by atoms with E-state index in [9.17, 15) is 4.79 Å². The number of hydrogen-bond donors (Lipinski definition) is 1. The Labute approximate surface area is 140 Å². The Kier molecular flexibility index (Phi) is 5.34. The summed E-state index contributed by atoms with van der Waals surface area (Å²) in [6, 6.07) is 8.45. The summed E-state index contributed by atoms with van der Waals surface area (Å²) in [5, 5.41) is 3.19. The van der Waals surface area contributed by atoms with Gasteiger partial charge >= 0.3 is 0 Å². The molecule has 0 radical (unpaired) electrons. The molecule has 0 saturated carbocycles. The van der Waals surface area contributed by atoms with Crippen LogP contribution in [0, 0.1) is 6.92 Å². The van der Waals surface area contributed by atoms with Gasteiger partial charge in [-0.2, -0.15) is 0 Å². The van der Waals surface area contributed by atoms with Gasteiger partial charge in [-0.3, -0.25) is 4.79 Å². The number of halogens is 1. The fraction of sp³-hybridized carbons (Fsp3) is 0.235. The Morgan fingerprint density at radius 2 is 1.61 bits per heavy atom. The van der Waals surface area contributed by atoms with Crippen LogP contribution in [-0.2, 0) is 0 Å². The van der Waals surface area contributed by atoms with Crippen LogP contribution in [0.1, 0.15) is 15.9 Å². The number of nitrogens with one attached hydrogen (secondary N) is 1. The summed E-state index contributed by atoms with van der Waals surface area (Å²) in [4.78, 5) is 12.5. The van der Waals surface area contributed by atoms with Crippen molar-refractivity contribution in [3.05, 3.63) is 46.5 Å². The lowest BCUT2D eigenvalue weighted by atomic mass is 10.1. The molecule has 0 aliphatic carbocycles. The lowest BCUT2D eigenvalue weighted by Crippen LogP contribution is -2.13. The molecule has 23 heavy (non-hydrogen) atoms. The van der Waals surface area contributed by atoms with Gasteiger partial charge in [0.2, 0.25) is 0 Å². The number of benzene rings is 2. The highest BCUT2D eigenvalue weighted by Gasteiger charge is 2.14. The number of carbonyl (C=O) groups is 1. The van der Waals surface area contributed by atoms with E-state index in [1.54, 1.807) is 31.4 Å². The Bertz CT molecular complexity index is 731. The van der Waals surface area contributed by atoms with E-state index in [0.717, 1.165) is 5.56 Å². The van der Waals surface area contributed by atoms with Gasteiger partial charge < -0.3 is 19.5 Å². The van der Waals surface area contributed by atoms with Crippen LogP contribution < -0.4 is 19.5 Å². The maximum atomic E-state index is 12.5. The molecule has 5 nitrogen and oxygen atoms in total. The minimum absolute atomic E-state index is 0.286. The second-order valence-corrected chi connectivity index (χ2v) is 5.23. The first kappa shape index (κ1) is 17.0. The van der Waals surface area contributed by atoms with E-state index in [-0.39, 0.29) is 5.91 Å². The molecular formula is C17H18ClNO4. The molecule has 0 unspecified atom stereocenters. The van der Waals surface area contributed by atoms with Gasteiger partial charge in [-0.05, 0) is 24.6 Å². The molecule has 0 spiro atoms. The first-order valence-electron chi connectivity index (χ1n) is 6.87. The van der Waals surface area contributed by atoms with Crippen molar-refractivity contribution in [2.75, 3.05) is 26.6 Å². The maximum absolute atomic E-state index is 12.5. The van der Waals surface area contributed by atoms with Crippen molar-refractivity contribution in [1.29, 1.82) is 0 Å². The molecule has 0 bridgehead atoms. The van der Waals surface area contributed by atoms with E-state index in [4.69, 9.17) is 25.8 Å². The molecule has 0 heterocycles. The summed E-state index contributed by atoms with van der Waals surface area (Å²) in [5.74, 6) is 1.26. The molecule has 2 aromatic rings. The molecule has 2 aromatic carbocycles. The third kappa shape index (κ3) is 3.68. The van der Waals surface area contributed by atoms with Gasteiger partial charge in [-0.1, -0.05) is 17.7 Å². The molecular weight excluding hydrogens is 318 g/mol. The number of anilines is 1. The van der Waals surface area contributed by atoms with Crippen LogP contribution in [0.4, 0.5) is 5.69 Å². The number of carbonyl (C=O) groups excluding carboxylic acids is 1. The minimum atomic E-state index is -0.286. The van der Waals surface area contributed by atoms with E-state index in [1.807, 2.05) is 13.0 Å². The second-order valence-electron chi connectivity index (χ2n) is 4.83. The smallest absolute Gasteiger partial charge is 0.255 e. The lowest BCUT2D eigenvalue weighted by Gasteiger charge is -2.14. The number of methoxy groups -OCH3 is 3. The molecule has 2 rings (SSSR count). The SMILES string of the molecule is COc1cc(C(=O)Nc2cc(OC)c(Cl)cc2OC)ccc1C. The summed E-state index contributed by atoms with van der Waals surface area (Å²) >= 11 is 6.06. The van der Waals surface area contributed by atoms with E-state index in [2.05, 4.69) is 5.32 Å². The predicted molar refractivity (Wildman–Crippen MR) is 90.2 cm³/mol. The molecule has 1 N–H and O–H groups in total. The van der Waals surface area contributed by atoms with Gasteiger partial charge in [0.25, 0.3) is 5.91 Å². The van der Waals surface area contributed by atoms with E-state index >= 15 is 0 Å². The summed E-state index contributed by atoms with van der Waals surface area (Å²) < 4.78 is 15.7. The van der Waals surface area contributed by atoms with Crippen LogP contribution in [0.15, 0.2) is 30.3 Å². The van der Waals surface area contributed by atoms with Crippen LogP contribution in [0.3, 0.4) is 0 Å². The molecule has 0 fully saturated rings. The van der Waals surface area contributed by atoms with Crippen molar-refractivity contribution in [2.24, 2.45) is 0 Å². The largest absolute Gasteiger partial charge is 0.496 e. The fourth-order valence-corrected chi connectivity index (χ4v) is 2.34. The summed E-state index contributed by atoms with van der Waals surface area (Å²) in [6.07, 6.45) is 0. The third-order valence-electron chi connectivity index (χ3n) is 3.39. The third-order valence-corrected chi connectivity index (χ3v) is 3.69. The second kappa shape index (κ2) is 7.24. The van der Waals surface area contributed by atoms with E-state index < -0.39 is 0 Å². The molecule has 0 saturated heterocycles. The summed E-state index contributed by atoms with van der Waals surface area (Å²) in [7, 11) is 4.57. The monoisotopic (exact) mass is 335 g/mol. The van der Waals surface area contributed by atoms with Crippen molar-refractivity contribution < 1.29 is 19.0 Å². The molecule has 1 amide bonds. The van der Waals surface area contributed by atoms with Gasteiger partial charge in [0.15, 0.2) is 0 Å². The minimum Gasteiger partial charge on any atom is -0.496 e. The maximum Gasteiger partial charge on any atom is 0.255 e. The van der Waals surface area contributed by atoms with Crippen LogP contribution in [0.2, 0.25) is 5.02 Å². The number of ether oxygens (including phenoxy) is 3. The highest BCUT2D eigenvalue weighted by molar-refractivity contribution is 6.32. The van der Waals surface area contributed by atoms with Crippen molar-refractivity contribution in [3.8, 4) is 17.2 Å². The molecule has 0 aliphatic heterocycles.